The standard InChI is InChI=1S/C22H17ClN4O/c1-15-19(23)10-5-11-20(15)25-22(28)18-14-27(17-8-3-2-4-9-17)26-21(18)16-7-6-12-24-13-16/h2-14H,1H3,(H,25,28). The van der Waals surface area contributed by atoms with E-state index >= 15 is 0 Å². The van der Waals surface area contributed by atoms with Crippen LogP contribution in [0.1, 0.15) is 15.9 Å². The van der Waals surface area contributed by atoms with E-state index in [0.29, 0.717) is 22.0 Å². The van der Waals surface area contributed by atoms with Crippen molar-refractivity contribution >= 4 is 23.2 Å². The summed E-state index contributed by atoms with van der Waals surface area (Å²) in [6, 6.07) is 18.8. The zero-order valence-corrected chi connectivity index (χ0v) is 15.9. The van der Waals surface area contributed by atoms with E-state index in [9.17, 15) is 4.79 Å². The van der Waals surface area contributed by atoms with Crippen molar-refractivity contribution < 1.29 is 4.79 Å². The second kappa shape index (κ2) is 7.66. The van der Waals surface area contributed by atoms with Crippen LogP contribution in [0.2, 0.25) is 5.02 Å². The van der Waals surface area contributed by atoms with Gasteiger partial charge in [0, 0.05) is 34.9 Å². The van der Waals surface area contributed by atoms with E-state index in [1.807, 2.05) is 55.5 Å². The van der Waals surface area contributed by atoms with Gasteiger partial charge in [-0.15, -0.1) is 0 Å². The molecule has 0 fully saturated rings. The molecule has 0 aliphatic carbocycles. The second-order valence-electron chi connectivity index (χ2n) is 6.28. The molecule has 0 radical (unpaired) electrons. The summed E-state index contributed by atoms with van der Waals surface area (Å²) in [5.41, 5.74) is 4.14. The van der Waals surface area contributed by atoms with Crippen LogP contribution in [0.3, 0.4) is 0 Å². The second-order valence-corrected chi connectivity index (χ2v) is 6.69. The minimum atomic E-state index is -0.258. The number of benzene rings is 2. The van der Waals surface area contributed by atoms with Crippen molar-refractivity contribution in [3.05, 3.63) is 95.4 Å². The molecule has 0 atom stereocenters. The Labute approximate surface area is 167 Å². The minimum Gasteiger partial charge on any atom is -0.322 e. The van der Waals surface area contributed by atoms with Gasteiger partial charge in [0.2, 0.25) is 0 Å². The molecule has 2 aromatic heterocycles. The van der Waals surface area contributed by atoms with Crippen molar-refractivity contribution in [3.8, 4) is 16.9 Å². The van der Waals surface area contributed by atoms with Gasteiger partial charge in [-0.25, -0.2) is 4.68 Å². The lowest BCUT2D eigenvalue weighted by Gasteiger charge is -2.09. The van der Waals surface area contributed by atoms with Crippen LogP contribution in [0.4, 0.5) is 5.69 Å². The third-order valence-electron chi connectivity index (χ3n) is 4.43. The summed E-state index contributed by atoms with van der Waals surface area (Å²) in [4.78, 5) is 17.2. The number of aromatic nitrogens is 3. The van der Waals surface area contributed by atoms with Gasteiger partial charge in [-0.3, -0.25) is 9.78 Å². The first-order chi connectivity index (χ1) is 13.6. The number of hydrogen-bond acceptors (Lipinski definition) is 3. The first-order valence-corrected chi connectivity index (χ1v) is 9.13. The number of amides is 1. The highest BCUT2D eigenvalue weighted by Gasteiger charge is 2.19. The molecule has 0 saturated carbocycles. The summed E-state index contributed by atoms with van der Waals surface area (Å²) >= 11 is 6.18. The Balaban J connectivity index is 1.77. The number of rotatable bonds is 4. The molecule has 4 rings (SSSR count). The Morgan fingerprint density at radius 3 is 2.61 bits per heavy atom. The van der Waals surface area contributed by atoms with Crippen molar-refractivity contribution in [1.29, 1.82) is 0 Å². The first kappa shape index (κ1) is 17.9. The van der Waals surface area contributed by atoms with Crippen LogP contribution in [0.25, 0.3) is 16.9 Å². The third kappa shape index (κ3) is 3.52. The molecular weight excluding hydrogens is 372 g/mol. The molecule has 1 amide bonds. The highest BCUT2D eigenvalue weighted by atomic mass is 35.5. The number of nitrogens with zero attached hydrogens (tertiary/aromatic N) is 3. The highest BCUT2D eigenvalue weighted by Crippen LogP contribution is 2.27. The van der Waals surface area contributed by atoms with E-state index in [2.05, 4.69) is 15.4 Å². The molecule has 6 heteroatoms. The maximum Gasteiger partial charge on any atom is 0.259 e. The number of carbonyl (C=O) groups excluding carboxylic acids is 1. The summed E-state index contributed by atoms with van der Waals surface area (Å²) < 4.78 is 1.70. The molecular formula is C22H17ClN4O. The molecule has 0 saturated heterocycles. The molecule has 138 valence electrons. The predicted molar refractivity (Wildman–Crippen MR) is 111 cm³/mol. The SMILES string of the molecule is Cc1c(Cl)cccc1NC(=O)c1cn(-c2ccccc2)nc1-c1cccnc1. The Kier molecular flexibility index (Phi) is 4.91. The fraction of sp³-hybridized carbons (Fsp3) is 0.0455. The third-order valence-corrected chi connectivity index (χ3v) is 4.84. The van der Waals surface area contributed by atoms with Crippen molar-refractivity contribution in [2.45, 2.75) is 6.92 Å². The molecule has 5 nitrogen and oxygen atoms in total. The van der Waals surface area contributed by atoms with Crippen LogP contribution in [-0.4, -0.2) is 20.7 Å². The first-order valence-electron chi connectivity index (χ1n) is 8.75. The molecule has 0 aliphatic heterocycles. The Morgan fingerprint density at radius 1 is 1.04 bits per heavy atom. The summed E-state index contributed by atoms with van der Waals surface area (Å²) in [6.07, 6.45) is 5.11. The molecule has 4 aromatic rings. The topological polar surface area (TPSA) is 59.8 Å². The molecule has 0 unspecified atom stereocenters. The molecule has 0 spiro atoms. The fourth-order valence-corrected chi connectivity index (χ4v) is 3.08. The largest absolute Gasteiger partial charge is 0.322 e. The summed E-state index contributed by atoms with van der Waals surface area (Å²) in [5, 5.41) is 8.19. The van der Waals surface area contributed by atoms with Gasteiger partial charge in [0.05, 0.1) is 11.3 Å². The van der Waals surface area contributed by atoms with Crippen molar-refractivity contribution in [3.63, 3.8) is 0 Å². The van der Waals surface area contributed by atoms with Crippen LogP contribution in [-0.2, 0) is 0 Å². The van der Waals surface area contributed by atoms with E-state index in [4.69, 9.17) is 11.6 Å². The van der Waals surface area contributed by atoms with Crippen LogP contribution < -0.4 is 5.32 Å². The van der Waals surface area contributed by atoms with Gasteiger partial charge in [-0.05, 0) is 48.9 Å². The van der Waals surface area contributed by atoms with Gasteiger partial charge in [-0.1, -0.05) is 35.9 Å². The Bertz CT molecular complexity index is 1120. The molecule has 28 heavy (non-hydrogen) atoms. The van der Waals surface area contributed by atoms with Crippen LogP contribution in [0, 0.1) is 6.92 Å². The number of halogens is 1. The van der Waals surface area contributed by atoms with Gasteiger partial charge in [-0.2, -0.15) is 5.10 Å². The molecule has 2 aromatic carbocycles. The highest BCUT2D eigenvalue weighted by molar-refractivity contribution is 6.31. The van der Waals surface area contributed by atoms with E-state index in [0.717, 1.165) is 16.8 Å². The van der Waals surface area contributed by atoms with Gasteiger partial charge < -0.3 is 5.32 Å². The van der Waals surface area contributed by atoms with E-state index in [-0.39, 0.29) is 5.91 Å². The number of para-hydroxylation sites is 1. The number of hydrogen-bond donors (Lipinski definition) is 1. The predicted octanol–water partition coefficient (Wildman–Crippen LogP) is 5.15. The smallest absolute Gasteiger partial charge is 0.259 e. The van der Waals surface area contributed by atoms with Gasteiger partial charge >= 0.3 is 0 Å². The van der Waals surface area contributed by atoms with Crippen LogP contribution in [0.15, 0.2) is 79.3 Å². The Hall–Kier alpha value is -3.44. The summed E-state index contributed by atoms with van der Waals surface area (Å²) in [7, 11) is 0. The normalized spacial score (nSPS) is 10.6. The average molecular weight is 389 g/mol. The molecule has 0 aliphatic rings. The molecule has 1 N–H and O–H groups in total. The lowest BCUT2D eigenvalue weighted by atomic mass is 10.1. The van der Waals surface area contributed by atoms with E-state index in [1.165, 1.54) is 0 Å². The van der Waals surface area contributed by atoms with Crippen molar-refractivity contribution in [1.82, 2.24) is 14.8 Å². The average Bonchev–Trinajstić information content (AvgIpc) is 3.18. The van der Waals surface area contributed by atoms with Crippen LogP contribution >= 0.6 is 11.6 Å². The van der Waals surface area contributed by atoms with Crippen LogP contribution in [0.5, 0.6) is 0 Å². The molecule has 2 heterocycles. The Morgan fingerprint density at radius 2 is 1.86 bits per heavy atom. The maximum atomic E-state index is 13.1. The van der Waals surface area contributed by atoms with E-state index < -0.39 is 0 Å². The quantitative estimate of drug-likeness (QED) is 0.526. The van der Waals surface area contributed by atoms with E-state index in [1.54, 1.807) is 35.4 Å². The number of carbonyl (C=O) groups is 1. The van der Waals surface area contributed by atoms with Gasteiger partial charge in [0.1, 0.15) is 5.69 Å². The van der Waals surface area contributed by atoms with Crippen molar-refractivity contribution in [2.24, 2.45) is 0 Å². The minimum absolute atomic E-state index is 0.258. The number of pyridine rings is 1. The zero-order valence-electron chi connectivity index (χ0n) is 15.1. The zero-order chi connectivity index (χ0) is 19.5. The maximum absolute atomic E-state index is 13.1. The van der Waals surface area contributed by atoms with Gasteiger partial charge in [0.25, 0.3) is 5.91 Å². The molecule has 0 bridgehead atoms. The monoisotopic (exact) mass is 388 g/mol. The lowest BCUT2D eigenvalue weighted by Crippen LogP contribution is -2.13. The lowest BCUT2D eigenvalue weighted by molar-refractivity contribution is 0.102. The number of nitrogens with one attached hydrogen (secondary N) is 1. The number of anilines is 1. The summed E-state index contributed by atoms with van der Waals surface area (Å²) in [5.74, 6) is -0.258. The summed E-state index contributed by atoms with van der Waals surface area (Å²) in [6.45, 7) is 1.87. The van der Waals surface area contributed by atoms with Gasteiger partial charge in [0.15, 0.2) is 0 Å². The fourth-order valence-electron chi connectivity index (χ4n) is 2.90. The van der Waals surface area contributed by atoms with Crippen molar-refractivity contribution in [2.75, 3.05) is 5.32 Å².